The van der Waals surface area contributed by atoms with Gasteiger partial charge in [0.2, 0.25) is 5.91 Å². The van der Waals surface area contributed by atoms with Gasteiger partial charge in [-0.25, -0.2) is 0 Å². The number of carbonyl (C=O) groups excluding carboxylic acids is 2. The van der Waals surface area contributed by atoms with Gasteiger partial charge in [0.05, 0.1) is 14.2 Å². The lowest BCUT2D eigenvalue weighted by Gasteiger charge is -2.34. The van der Waals surface area contributed by atoms with Crippen molar-refractivity contribution in [1.29, 1.82) is 0 Å². The van der Waals surface area contributed by atoms with Crippen molar-refractivity contribution in [3.63, 3.8) is 0 Å². The third-order valence-electron chi connectivity index (χ3n) is 6.17. The predicted octanol–water partition coefficient (Wildman–Crippen LogP) is 3.53. The molecule has 6 heteroatoms. The summed E-state index contributed by atoms with van der Waals surface area (Å²) in [6.45, 7) is 3.24. The number of benzene rings is 2. The van der Waals surface area contributed by atoms with Crippen LogP contribution in [0.3, 0.4) is 0 Å². The lowest BCUT2D eigenvalue weighted by atomic mass is 9.94. The minimum absolute atomic E-state index is 0.0532. The van der Waals surface area contributed by atoms with Crippen LogP contribution < -0.4 is 14.4 Å². The van der Waals surface area contributed by atoms with Crippen molar-refractivity contribution < 1.29 is 19.1 Å². The van der Waals surface area contributed by atoms with Crippen LogP contribution in [-0.2, 0) is 11.2 Å². The summed E-state index contributed by atoms with van der Waals surface area (Å²) in [6.07, 6.45) is 2.26. The standard InChI is InChI=1S/C24H28N2O4/c1-16-12-18-6-4-5-7-22(18)26(16)24(28)17-8-10-25(11-9-17)23(27)19-13-20(29-2)15-21(14-19)30-3/h4-7,13-17H,8-12H2,1-3H3/t16-/m1/s1. The molecule has 2 heterocycles. The van der Waals surface area contributed by atoms with E-state index in [0.29, 0.717) is 43.0 Å². The molecule has 0 aliphatic carbocycles. The second-order valence-electron chi connectivity index (χ2n) is 8.06. The Morgan fingerprint density at radius 3 is 2.23 bits per heavy atom. The number of piperidine rings is 1. The average molecular weight is 408 g/mol. The van der Waals surface area contributed by atoms with Gasteiger partial charge in [-0.3, -0.25) is 9.59 Å². The number of likely N-dealkylation sites (tertiary alicyclic amines) is 1. The number of hydrogen-bond acceptors (Lipinski definition) is 4. The van der Waals surface area contributed by atoms with Gasteiger partial charge < -0.3 is 19.3 Å². The van der Waals surface area contributed by atoms with Crippen LogP contribution in [0.2, 0.25) is 0 Å². The first kappa shape index (κ1) is 20.3. The molecule has 0 bridgehead atoms. The molecule has 2 aliphatic rings. The van der Waals surface area contributed by atoms with Crippen LogP contribution >= 0.6 is 0 Å². The molecule has 0 aromatic heterocycles. The number of rotatable bonds is 4. The van der Waals surface area contributed by atoms with Crippen molar-refractivity contribution in [2.24, 2.45) is 5.92 Å². The van der Waals surface area contributed by atoms with Crippen LogP contribution in [-0.4, -0.2) is 50.1 Å². The van der Waals surface area contributed by atoms with E-state index in [1.54, 1.807) is 32.4 Å². The summed E-state index contributed by atoms with van der Waals surface area (Å²) in [4.78, 5) is 30.1. The molecule has 0 unspecified atom stereocenters. The van der Waals surface area contributed by atoms with Gasteiger partial charge in [-0.05, 0) is 49.9 Å². The van der Waals surface area contributed by atoms with Crippen molar-refractivity contribution in [1.82, 2.24) is 4.90 Å². The summed E-state index contributed by atoms with van der Waals surface area (Å²) < 4.78 is 10.6. The van der Waals surface area contributed by atoms with Crippen molar-refractivity contribution in [2.75, 3.05) is 32.2 Å². The molecule has 0 saturated carbocycles. The Balaban J connectivity index is 1.43. The van der Waals surface area contributed by atoms with Gasteiger partial charge in [0.1, 0.15) is 11.5 Å². The van der Waals surface area contributed by atoms with Crippen LogP contribution in [0.1, 0.15) is 35.7 Å². The van der Waals surface area contributed by atoms with Gasteiger partial charge in [0.15, 0.2) is 0 Å². The number of ether oxygens (including phenoxy) is 2. The number of hydrogen-bond donors (Lipinski definition) is 0. The lowest BCUT2D eigenvalue weighted by molar-refractivity contribution is -0.124. The maximum absolute atomic E-state index is 13.3. The van der Waals surface area contributed by atoms with Crippen LogP contribution in [0.15, 0.2) is 42.5 Å². The molecule has 1 fully saturated rings. The highest BCUT2D eigenvalue weighted by atomic mass is 16.5. The van der Waals surface area contributed by atoms with E-state index in [4.69, 9.17) is 9.47 Å². The summed E-state index contributed by atoms with van der Waals surface area (Å²) in [5.74, 6) is 1.25. The van der Waals surface area contributed by atoms with Gasteiger partial charge in [-0.1, -0.05) is 18.2 Å². The van der Waals surface area contributed by atoms with Gasteiger partial charge in [-0.2, -0.15) is 0 Å². The molecule has 0 spiro atoms. The van der Waals surface area contributed by atoms with E-state index in [2.05, 4.69) is 13.0 Å². The Kier molecular flexibility index (Phi) is 5.66. The molecule has 30 heavy (non-hydrogen) atoms. The van der Waals surface area contributed by atoms with E-state index in [0.717, 1.165) is 12.1 Å². The Morgan fingerprint density at radius 1 is 0.967 bits per heavy atom. The Hall–Kier alpha value is -3.02. The molecule has 0 N–H and O–H groups in total. The summed E-state index contributed by atoms with van der Waals surface area (Å²) in [6, 6.07) is 13.5. The van der Waals surface area contributed by atoms with Crippen LogP contribution in [0.5, 0.6) is 11.5 Å². The molecule has 158 valence electrons. The fourth-order valence-electron chi connectivity index (χ4n) is 4.54. The minimum Gasteiger partial charge on any atom is -0.497 e. The largest absolute Gasteiger partial charge is 0.497 e. The molecule has 0 radical (unpaired) electrons. The second-order valence-corrected chi connectivity index (χ2v) is 8.06. The number of nitrogens with zero attached hydrogens (tertiary/aromatic N) is 2. The quantitative estimate of drug-likeness (QED) is 0.777. The number of para-hydroxylation sites is 1. The number of carbonyl (C=O) groups is 2. The average Bonchev–Trinajstić information content (AvgIpc) is 3.13. The Morgan fingerprint density at radius 2 is 1.60 bits per heavy atom. The van der Waals surface area contributed by atoms with E-state index in [1.165, 1.54) is 5.56 Å². The highest BCUT2D eigenvalue weighted by molar-refractivity contribution is 5.98. The second kappa shape index (κ2) is 8.38. The van der Waals surface area contributed by atoms with Gasteiger partial charge in [0.25, 0.3) is 5.91 Å². The van der Waals surface area contributed by atoms with Crippen molar-refractivity contribution in [3.8, 4) is 11.5 Å². The van der Waals surface area contributed by atoms with Gasteiger partial charge in [0, 0.05) is 42.4 Å². The topological polar surface area (TPSA) is 59.1 Å². The lowest BCUT2D eigenvalue weighted by Crippen LogP contribution is -2.46. The van der Waals surface area contributed by atoms with Gasteiger partial charge in [-0.15, -0.1) is 0 Å². The number of fused-ring (bicyclic) bond motifs is 1. The summed E-state index contributed by atoms with van der Waals surface area (Å²) >= 11 is 0. The van der Waals surface area contributed by atoms with E-state index >= 15 is 0 Å². The van der Waals surface area contributed by atoms with E-state index < -0.39 is 0 Å². The highest BCUT2D eigenvalue weighted by Crippen LogP contribution is 2.35. The maximum Gasteiger partial charge on any atom is 0.254 e. The third kappa shape index (κ3) is 3.74. The zero-order chi connectivity index (χ0) is 21.3. The molecule has 2 aromatic rings. The predicted molar refractivity (Wildman–Crippen MR) is 115 cm³/mol. The summed E-state index contributed by atoms with van der Waals surface area (Å²) in [5.41, 5.74) is 2.81. The normalized spacial score (nSPS) is 18.8. The molecule has 2 aromatic carbocycles. The fourth-order valence-corrected chi connectivity index (χ4v) is 4.54. The third-order valence-corrected chi connectivity index (χ3v) is 6.17. The number of amides is 2. The maximum atomic E-state index is 13.3. The monoisotopic (exact) mass is 408 g/mol. The number of anilines is 1. The molecular formula is C24H28N2O4. The van der Waals surface area contributed by atoms with E-state index in [1.807, 2.05) is 28.0 Å². The molecular weight excluding hydrogens is 380 g/mol. The van der Waals surface area contributed by atoms with E-state index in [9.17, 15) is 9.59 Å². The zero-order valence-corrected chi connectivity index (χ0v) is 17.8. The Labute approximate surface area is 177 Å². The highest BCUT2D eigenvalue weighted by Gasteiger charge is 2.36. The molecule has 1 atom stereocenters. The fraction of sp³-hybridized carbons (Fsp3) is 0.417. The van der Waals surface area contributed by atoms with E-state index in [-0.39, 0.29) is 23.8 Å². The first-order valence-electron chi connectivity index (χ1n) is 10.4. The van der Waals surface area contributed by atoms with Crippen LogP contribution in [0.25, 0.3) is 0 Å². The van der Waals surface area contributed by atoms with Crippen molar-refractivity contribution in [3.05, 3.63) is 53.6 Å². The number of methoxy groups -OCH3 is 2. The van der Waals surface area contributed by atoms with Crippen LogP contribution in [0, 0.1) is 5.92 Å². The molecule has 2 amide bonds. The molecule has 4 rings (SSSR count). The molecule has 6 nitrogen and oxygen atoms in total. The molecule has 2 aliphatic heterocycles. The SMILES string of the molecule is COc1cc(OC)cc(C(=O)N2CCC(C(=O)N3c4ccccc4C[C@H]3C)CC2)c1. The minimum atomic E-state index is -0.0574. The zero-order valence-electron chi connectivity index (χ0n) is 17.8. The van der Waals surface area contributed by atoms with Crippen molar-refractivity contribution >= 4 is 17.5 Å². The van der Waals surface area contributed by atoms with Gasteiger partial charge >= 0.3 is 0 Å². The van der Waals surface area contributed by atoms with Crippen molar-refractivity contribution in [2.45, 2.75) is 32.2 Å². The summed E-state index contributed by atoms with van der Waals surface area (Å²) in [5, 5.41) is 0. The first-order chi connectivity index (χ1) is 14.5. The van der Waals surface area contributed by atoms with Crippen LogP contribution in [0.4, 0.5) is 5.69 Å². The Bertz CT molecular complexity index is 928. The summed E-state index contributed by atoms with van der Waals surface area (Å²) in [7, 11) is 3.13. The molecule has 1 saturated heterocycles. The smallest absolute Gasteiger partial charge is 0.254 e. The first-order valence-corrected chi connectivity index (χ1v) is 10.4.